The number of anilines is 1. The topological polar surface area (TPSA) is 49.9 Å². The number of benzene rings is 2. The van der Waals surface area contributed by atoms with Crippen LogP contribution in [0, 0.1) is 20.8 Å². The van der Waals surface area contributed by atoms with E-state index in [0.29, 0.717) is 13.1 Å². The van der Waals surface area contributed by atoms with Gasteiger partial charge in [0.2, 0.25) is 0 Å². The second kappa shape index (κ2) is 8.46. The molecule has 148 valence electrons. The monoisotopic (exact) mass is 380 g/mol. The highest BCUT2D eigenvalue weighted by molar-refractivity contribution is 5.94. The Balaban J connectivity index is 1.53. The van der Waals surface area contributed by atoms with Crippen molar-refractivity contribution in [3.8, 4) is 5.75 Å². The molecule has 0 saturated carbocycles. The molecule has 3 rings (SSSR count). The molecule has 2 aromatic rings. The van der Waals surface area contributed by atoms with Crippen LogP contribution in [0.5, 0.6) is 5.75 Å². The summed E-state index contributed by atoms with van der Waals surface area (Å²) in [6.45, 7) is 10.6. The lowest BCUT2D eigenvalue weighted by Crippen LogP contribution is -2.50. The lowest BCUT2D eigenvalue weighted by Gasteiger charge is -2.36. The van der Waals surface area contributed by atoms with Crippen LogP contribution in [0.1, 0.15) is 34.0 Å². The summed E-state index contributed by atoms with van der Waals surface area (Å²) in [5, 5.41) is 0. The molecule has 1 heterocycles. The van der Waals surface area contributed by atoms with E-state index in [1.165, 1.54) is 5.56 Å². The maximum Gasteiger partial charge on any atom is 0.260 e. The lowest BCUT2D eigenvalue weighted by atomic mass is 10.1. The first-order valence-corrected chi connectivity index (χ1v) is 9.69. The smallest absolute Gasteiger partial charge is 0.260 e. The van der Waals surface area contributed by atoms with Crippen molar-refractivity contribution in [2.45, 2.75) is 27.7 Å². The molecule has 5 heteroatoms. The van der Waals surface area contributed by atoms with Gasteiger partial charge in [-0.1, -0.05) is 17.7 Å². The van der Waals surface area contributed by atoms with Gasteiger partial charge in [-0.15, -0.1) is 0 Å². The first-order chi connectivity index (χ1) is 13.3. The maximum absolute atomic E-state index is 12.6. The molecule has 5 nitrogen and oxygen atoms in total. The molecule has 1 amide bonds. The van der Waals surface area contributed by atoms with E-state index in [1.807, 2.05) is 43.0 Å². The number of rotatable bonds is 5. The molecular weight excluding hydrogens is 352 g/mol. The van der Waals surface area contributed by atoms with E-state index in [9.17, 15) is 9.59 Å². The average Bonchev–Trinajstić information content (AvgIpc) is 2.67. The van der Waals surface area contributed by atoms with E-state index in [1.54, 1.807) is 6.92 Å². The zero-order valence-electron chi connectivity index (χ0n) is 17.1. The molecule has 0 aromatic heterocycles. The Labute approximate surface area is 166 Å². The number of hydrogen-bond donors (Lipinski definition) is 0. The molecule has 0 atom stereocenters. The zero-order valence-corrected chi connectivity index (χ0v) is 17.1. The number of ether oxygens (including phenoxy) is 1. The molecular formula is C23H28N2O3. The summed E-state index contributed by atoms with van der Waals surface area (Å²) in [5.74, 6) is 0.898. The van der Waals surface area contributed by atoms with Gasteiger partial charge in [0.15, 0.2) is 12.4 Å². The van der Waals surface area contributed by atoms with Crippen LogP contribution in [0.25, 0.3) is 0 Å². The van der Waals surface area contributed by atoms with Gasteiger partial charge in [-0.05, 0) is 63.1 Å². The van der Waals surface area contributed by atoms with Crippen molar-refractivity contribution < 1.29 is 14.3 Å². The van der Waals surface area contributed by atoms with Crippen molar-refractivity contribution in [1.29, 1.82) is 0 Å². The SMILES string of the molecule is CC(=O)c1ccc(N2CCN(C(=O)COc3c(C)cc(C)cc3C)CC2)cc1. The standard InChI is InChI=1S/C23H28N2O3/c1-16-13-17(2)23(18(3)14-16)28-15-22(27)25-11-9-24(10-12-25)21-7-5-20(6-8-21)19(4)26/h5-8,13-14H,9-12,15H2,1-4H3. The number of piperazine rings is 1. The second-order valence-corrected chi connectivity index (χ2v) is 7.49. The Morgan fingerprint density at radius 3 is 2.04 bits per heavy atom. The van der Waals surface area contributed by atoms with Gasteiger partial charge in [-0.3, -0.25) is 9.59 Å². The summed E-state index contributed by atoms with van der Waals surface area (Å²) < 4.78 is 5.85. The van der Waals surface area contributed by atoms with Crippen LogP contribution in [-0.2, 0) is 4.79 Å². The summed E-state index contributed by atoms with van der Waals surface area (Å²) in [6, 6.07) is 11.8. The number of ketones is 1. The highest BCUT2D eigenvalue weighted by Gasteiger charge is 2.22. The molecule has 1 aliphatic rings. The molecule has 0 bridgehead atoms. The van der Waals surface area contributed by atoms with Crippen molar-refractivity contribution in [1.82, 2.24) is 4.90 Å². The Morgan fingerprint density at radius 1 is 0.929 bits per heavy atom. The van der Waals surface area contributed by atoms with Crippen molar-refractivity contribution in [3.63, 3.8) is 0 Å². The van der Waals surface area contributed by atoms with Crippen LogP contribution in [0.2, 0.25) is 0 Å². The van der Waals surface area contributed by atoms with Gasteiger partial charge in [0.1, 0.15) is 5.75 Å². The van der Waals surface area contributed by atoms with Crippen molar-refractivity contribution in [2.24, 2.45) is 0 Å². The first kappa shape index (κ1) is 19.9. The summed E-state index contributed by atoms with van der Waals surface area (Å²) in [6.07, 6.45) is 0. The van der Waals surface area contributed by atoms with Crippen LogP contribution in [0.15, 0.2) is 36.4 Å². The Hall–Kier alpha value is -2.82. The van der Waals surface area contributed by atoms with Gasteiger partial charge < -0.3 is 14.5 Å². The quantitative estimate of drug-likeness (QED) is 0.745. The van der Waals surface area contributed by atoms with Gasteiger partial charge in [0.05, 0.1) is 0 Å². The van der Waals surface area contributed by atoms with Gasteiger partial charge in [0.25, 0.3) is 5.91 Å². The van der Waals surface area contributed by atoms with Crippen molar-refractivity contribution >= 4 is 17.4 Å². The maximum atomic E-state index is 12.6. The molecule has 1 saturated heterocycles. The van der Waals surface area contributed by atoms with E-state index >= 15 is 0 Å². The fourth-order valence-electron chi connectivity index (χ4n) is 3.74. The van der Waals surface area contributed by atoms with Crippen molar-refractivity contribution in [2.75, 3.05) is 37.7 Å². The third kappa shape index (κ3) is 4.53. The molecule has 0 unspecified atom stereocenters. The lowest BCUT2D eigenvalue weighted by molar-refractivity contribution is -0.133. The Bertz CT molecular complexity index is 843. The molecule has 0 radical (unpaired) electrons. The fraction of sp³-hybridized carbons (Fsp3) is 0.391. The predicted octanol–water partition coefficient (Wildman–Crippen LogP) is 3.54. The number of nitrogens with zero attached hydrogens (tertiary/aromatic N) is 2. The van der Waals surface area contributed by atoms with E-state index in [0.717, 1.165) is 41.2 Å². The van der Waals surface area contributed by atoms with Gasteiger partial charge >= 0.3 is 0 Å². The number of hydrogen-bond acceptors (Lipinski definition) is 4. The molecule has 28 heavy (non-hydrogen) atoms. The third-order valence-corrected chi connectivity index (χ3v) is 5.22. The minimum Gasteiger partial charge on any atom is -0.483 e. The van der Waals surface area contributed by atoms with Crippen LogP contribution in [-0.4, -0.2) is 49.4 Å². The highest BCUT2D eigenvalue weighted by atomic mass is 16.5. The number of carbonyl (C=O) groups is 2. The van der Waals surface area contributed by atoms with E-state index in [-0.39, 0.29) is 18.3 Å². The predicted molar refractivity (Wildman–Crippen MR) is 111 cm³/mol. The minimum atomic E-state index is 0.0194. The third-order valence-electron chi connectivity index (χ3n) is 5.22. The molecule has 1 aliphatic heterocycles. The molecule has 1 fully saturated rings. The molecule has 0 spiro atoms. The molecule has 2 aromatic carbocycles. The normalized spacial score (nSPS) is 14.1. The largest absolute Gasteiger partial charge is 0.483 e. The summed E-state index contributed by atoms with van der Waals surface area (Å²) >= 11 is 0. The van der Waals surface area contributed by atoms with Gasteiger partial charge in [0, 0.05) is 37.4 Å². The Morgan fingerprint density at radius 2 is 1.50 bits per heavy atom. The van der Waals surface area contributed by atoms with E-state index in [2.05, 4.69) is 24.0 Å². The first-order valence-electron chi connectivity index (χ1n) is 9.69. The van der Waals surface area contributed by atoms with Crippen LogP contribution >= 0.6 is 0 Å². The molecule has 0 aliphatic carbocycles. The van der Waals surface area contributed by atoms with E-state index in [4.69, 9.17) is 4.74 Å². The van der Waals surface area contributed by atoms with Crippen LogP contribution in [0.4, 0.5) is 5.69 Å². The van der Waals surface area contributed by atoms with E-state index < -0.39 is 0 Å². The number of aryl methyl sites for hydroxylation is 3. The summed E-state index contributed by atoms with van der Waals surface area (Å²) in [5.41, 5.74) is 5.12. The second-order valence-electron chi connectivity index (χ2n) is 7.49. The highest BCUT2D eigenvalue weighted by Crippen LogP contribution is 2.24. The summed E-state index contributed by atoms with van der Waals surface area (Å²) in [7, 11) is 0. The minimum absolute atomic E-state index is 0.0194. The zero-order chi connectivity index (χ0) is 20.3. The number of amides is 1. The van der Waals surface area contributed by atoms with Crippen LogP contribution in [0.3, 0.4) is 0 Å². The average molecular weight is 380 g/mol. The fourth-order valence-corrected chi connectivity index (χ4v) is 3.74. The van der Waals surface area contributed by atoms with Gasteiger partial charge in [-0.25, -0.2) is 0 Å². The molecule has 0 N–H and O–H groups in total. The van der Waals surface area contributed by atoms with Gasteiger partial charge in [-0.2, -0.15) is 0 Å². The summed E-state index contributed by atoms with van der Waals surface area (Å²) in [4.78, 5) is 28.1. The number of Topliss-reactive ketones (excluding diaryl/α,β-unsaturated/α-hetero) is 1. The van der Waals surface area contributed by atoms with Crippen LogP contribution < -0.4 is 9.64 Å². The number of carbonyl (C=O) groups excluding carboxylic acids is 2. The van der Waals surface area contributed by atoms with Crippen molar-refractivity contribution in [3.05, 3.63) is 58.7 Å². The Kier molecular flexibility index (Phi) is 6.02.